The van der Waals surface area contributed by atoms with Crippen LogP contribution in [-0.2, 0) is 5.92 Å². The molecule has 0 aliphatic rings. The van der Waals surface area contributed by atoms with Crippen molar-refractivity contribution < 1.29 is 8.78 Å². The molecule has 2 heteroatoms. The molecule has 1 aromatic carbocycles. The molecule has 0 aromatic heterocycles. The SMILES string of the molecule is C#Cc1ccc(C(F)(F)CCCCC)cc1. The molecule has 0 radical (unpaired) electrons. The van der Waals surface area contributed by atoms with E-state index in [1.165, 1.54) is 12.1 Å². The first-order chi connectivity index (χ1) is 7.60. The van der Waals surface area contributed by atoms with Gasteiger partial charge in [0, 0.05) is 17.5 Å². The van der Waals surface area contributed by atoms with Gasteiger partial charge in [-0.3, -0.25) is 0 Å². The second kappa shape index (κ2) is 5.65. The number of halogens is 2. The van der Waals surface area contributed by atoms with Crippen LogP contribution in [0.4, 0.5) is 8.78 Å². The van der Waals surface area contributed by atoms with Crippen LogP contribution in [0.1, 0.15) is 43.7 Å². The largest absolute Gasteiger partial charge is 0.273 e. The fraction of sp³-hybridized carbons (Fsp3) is 0.429. The van der Waals surface area contributed by atoms with E-state index in [2.05, 4.69) is 5.92 Å². The maximum absolute atomic E-state index is 13.7. The lowest BCUT2D eigenvalue weighted by atomic mass is 10.0. The second-order valence-electron chi connectivity index (χ2n) is 3.88. The van der Waals surface area contributed by atoms with Gasteiger partial charge in [-0.1, -0.05) is 37.8 Å². The van der Waals surface area contributed by atoms with E-state index in [-0.39, 0.29) is 12.0 Å². The predicted octanol–water partition coefficient (Wildman–Crippen LogP) is 4.34. The summed E-state index contributed by atoms with van der Waals surface area (Å²) in [5, 5.41) is 0. The van der Waals surface area contributed by atoms with Crippen LogP contribution >= 0.6 is 0 Å². The van der Waals surface area contributed by atoms with Crippen LogP contribution in [0.15, 0.2) is 24.3 Å². The number of alkyl halides is 2. The van der Waals surface area contributed by atoms with Gasteiger partial charge in [0.25, 0.3) is 5.92 Å². The first kappa shape index (κ1) is 12.7. The number of rotatable bonds is 5. The van der Waals surface area contributed by atoms with Gasteiger partial charge in [0.2, 0.25) is 0 Å². The molecule has 0 spiro atoms. The Kier molecular flexibility index (Phi) is 4.49. The summed E-state index contributed by atoms with van der Waals surface area (Å²) in [4.78, 5) is 0. The van der Waals surface area contributed by atoms with Crippen LogP contribution in [0.2, 0.25) is 0 Å². The van der Waals surface area contributed by atoms with E-state index in [0.717, 1.165) is 12.8 Å². The third-order valence-electron chi connectivity index (χ3n) is 2.57. The summed E-state index contributed by atoms with van der Waals surface area (Å²) >= 11 is 0. The Bertz CT molecular complexity index is 357. The van der Waals surface area contributed by atoms with Crippen LogP contribution in [0.25, 0.3) is 0 Å². The molecule has 86 valence electrons. The van der Waals surface area contributed by atoms with Gasteiger partial charge in [0.15, 0.2) is 0 Å². The van der Waals surface area contributed by atoms with E-state index >= 15 is 0 Å². The number of terminal acetylenes is 1. The lowest BCUT2D eigenvalue weighted by Crippen LogP contribution is -2.13. The Morgan fingerprint density at radius 1 is 1.19 bits per heavy atom. The third kappa shape index (κ3) is 3.34. The van der Waals surface area contributed by atoms with Crippen molar-refractivity contribution in [2.75, 3.05) is 0 Å². The zero-order chi connectivity index (χ0) is 12.0. The minimum Gasteiger partial charge on any atom is -0.201 e. The quantitative estimate of drug-likeness (QED) is 0.513. The van der Waals surface area contributed by atoms with Gasteiger partial charge in [0.05, 0.1) is 0 Å². The van der Waals surface area contributed by atoms with Crippen molar-refractivity contribution >= 4 is 0 Å². The molecule has 0 nitrogen and oxygen atoms in total. The first-order valence-electron chi connectivity index (χ1n) is 5.55. The van der Waals surface area contributed by atoms with Gasteiger partial charge < -0.3 is 0 Å². The molecule has 0 bridgehead atoms. The maximum Gasteiger partial charge on any atom is 0.273 e. The van der Waals surface area contributed by atoms with E-state index in [4.69, 9.17) is 6.42 Å². The summed E-state index contributed by atoms with van der Waals surface area (Å²) in [7, 11) is 0. The molecule has 0 fully saturated rings. The van der Waals surface area contributed by atoms with Crippen molar-refractivity contribution in [1.82, 2.24) is 0 Å². The standard InChI is InChI=1S/C14H16F2/c1-3-5-6-11-14(15,16)13-9-7-12(4-2)8-10-13/h2,7-10H,3,5-6,11H2,1H3. The molecule has 0 amide bonds. The fourth-order valence-corrected chi connectivity index (χ4v) is 1.55. The van der Waals surface area contributed by atoms with Gasteiger partial charge in [-0.15, -0.1) is 6.42 Å². The summed E-state index contributed by atoms with van der Waals surface area (Å²) in [6.45, 7) is 2.00. The van der Waals surface area contributed by atoms with E-state index in [1.54, 1.807) is 12.1 Å². The molecule has 0 unspecified atom stereocenters. The second-order valence-corrected chi connectivity index (χ2v) is 3.88. The van der Waals surface area contributed by atoms with Crippen molar-refractivity contribution in [3.63, 3.8) is 0 Å². The van der Waals surface area contributed by atoms with E-state index in [9.17, 15) is 8.78 Å². The third-order valence-corrected chi connectivity index (χ3v) is 2.57. The summed E-state index contributed by atoms with van der Waals surface area (Å²) in [6, 6.07) is 5.95. The van der Waals surface area contributed by atoms with Crippen molar-refractivity contribution in [1.29, 1.82) is 0 Å². The van der Waals surface area contributed by atoms with E-state index in [0.29, 0.717) is 12.0 Å². The Labute approximate surface area is 95.7 Å². The highest BCUT2D eigenvalue weighted by Crippen LogP contribution is 2.33. The van der Waals surface area contributed by atoms with Gasteiger partial charge in [-0.05, 0) is 18.6 Å². The molecule has 0 aliphatic heterocycles. The molecule has 0 atom stereocenters. The first-order valence-corrected chi connectivity index (χ1v) is 5.55. The Morgan fingerprint density at radius 2 is 1.81 bits per heavy atom. The average molecular weight is 222 g/mol. The molecule has 1 aromatic rings. The molecule has 0 saturated heterocycles. The van der Waals surface area contributed by atoms with Crippen LogP contribution in [0, 0.1) is 12.3 Å². The molecular weight excluding hydrogens is 206 g/mol. The number of unbranched alkanes of at least 4 members (excludes halogenated alkanes) is 2. The minimum absolute atomic E-state index is 0.0580. The maximum atomic E-state index is 13.7. The summed E-state index contributed by atoms with van der Waals surface area (Å²) in [5.41, 5.74) is 0.690. The van der Waals surface area contributed by atoms with Crippen LogP contribution in [0.3, 0.4) is 0 Å². The van der Waals surface area contributed by atoms with Crippen LogP contribution < -0.4 is 0 Å². The minimum atomic E-state index is -2.73. The topological polar surface area (TPSA) is 0 Å². The fourth-order valence-electron chi connectivity index (χ4n) is 1.55. The van der Waals surface area contributed by atoms with E-state index in [1.807, 2.05) is 6.92 Å². The molecular formula is C14H16F2. The highest BCUT2D eigenvalue weighted by atomic mass is 19.3. The highest BCUT2D eigenvalue weighted by Gasteiger charge is 2.30. The number of hydrogen-bond acceptors (Lipinski definition) is 0. The highest BCUT2D eigenvalue weighted by molar-refractivity contribution is 5.35. The summed E-state index contributed by atoms with van der Waals surface area (Å²) in [5.74, 6) is -0.321. The van der Waals surface area contributed by atoms with Crippen molar-refractivity contribution in [3.05, 3.63) is 35.4 Å². The zero-order valence-electron chi connectivity index (χ0n) is 9.47. The van der Waals surface area contributed by atoms with Crippen molar-refractivity contribution in [2.24, 2.45) is 0 Å². The monoisotopic (exact) mass is 222 g/mol. The molecule has 1 rings (SSSR count). The molecule has 16 heavy (non-hydrogen) atoms. The van der Waals surface area contributed by atoms with Crippen LogP contribution in [0.5, 0.6) is 0 Å². The molecule has 0 N–H and O–H groups in total. The van der Waals surface area contributed by atoms with Gasteiger partial charge >= 0.3 is 0 Å². The number of benzene rings is 1. The smallest absolute Gasteiger partial charge is 0.201 e. The molecule has 0 aliphatic carbocycles. The van der Waals surface area contributed by atoms with Gasteiger partial charge in [0.1, 0.15) is 0 Å². The average Bonchev–Trinajstić information content (AvgIpc) is 2.29. The van der Waals surface area contributed by atoms with E-state index < -0.39 is 5.92 Å². The summed E-state index contributed by atoms with van der Waals surface area (Å²) in [6.07, 6.45) is 7.43. The number of hydrogen-bond donors (Lipinski definition) is 0. The Hall–Kier alpha value is -1.36. The predicted molar refractivity (Wildman–Crippen MR) is 62.4 cm³/mol. The Morgan fingerprint density at radius 3 is 2.31 bits per heavy atom. The van der Waals surface area contributed by atoms with Crippen LogP contribution in [-0.4, -0.2) is 0 Å². The zero-order valence-corrected chi connectivity index (χ0v) is 9.47. The van der Waals surface area contributed by atoms with Crippen molar-refractivity contribution in [3.8, 4) is 12.3 Å². The normalized spacial score (nSPS) is 11.1. The van der Waals surface area contributed by atoms with Gasteiger partial charge in [-0.25, -0.2) is 8.78 Å². The lowest BCUT2D eigenvalue weighted by Gasteiger charge is -2.16. The summed E-state index contributed by atoms with van der Waals surface area (Å²) < 4.78 is 27.3. The molecule has 0 heterocycles. The lowest BCUT2D eigenvalue weighted by molar-refractivity contribution is -0.0157. The van der Waals surface area contributed by atoms with Gasteiger partial charge in [-0.2, -0.15) is 0 Å². The Balaban J connectivity index is 2.70. The van der Waals surface area contributed by atoms with Crippen molar-refractivity contribution in [2.45, 2.75) is 38.5 Å². The molecule has 0 saturated carbocycles.